The molecule has 0 aliphatic carbocycles. The fraction of sp³-hybridized carbons (Fsp3) is 0.304. The molecule has 3 aromatic rings. The Morgan fingerprint density at radius 3 is 2.76 bits per heavy atom. The van der Waals surface area contributed by atoms with E-state index in [0.717, 1.165) is 34.3 Å². The predicted molar refractivity (Wildman–Crippen MR) is 112 cm³/mol. The number of nitrogens with zero attached hydrogens (tertiary/aromatic N) is 2. The van der Waals surface area contributed by atoms with Crippen LogP contribution < -0.4 is 4.74 Å². The van der Waals surface area contributed by atoms with Crippen LogP contribution in [0.15, 0.2) is 61.3 Å². The third-order valence-corrected chi connectivity index (χ3v) is 4.68. The van der Waals surface area contributed by atoms with E-state index in [-0.39, 0.29) is 12.3 Å². The summed E-state index contributed by atoms with van der Waals surface area (Å²) in [5, 5.41) is 14.6. The van der Waals surface area contributed by atoms with E-state index in [4.69, 9.17) is 14.6 Å². The molecule has 6 heteroatoms. The highest BCUT2D eigenvalue weighted by molar-refractivity contribution is 5.78. The van der Waals surface area contributed by atoms with Gasteiger partial charge in [0.25, 0.3) is 0 Å². The van der Waals surface area contributed by atoms with E-state index in [1.807, 2.05) is 54.2 Å². The van der Waals surface area contributed by atoms with E-state index in [1.54, 1.807) is 6.08 Å². The number of aromatic nitrogens is 2. The van der Waals surface area contributed by atoms with E-state index in [1.165, 1.54) is 0 Å². The Kier molecular flexibility index (Phi) is 7.03. The zero-order chi connectivity index (χ0) is 20.6. The first-order valence-corrected chi connectivity index (χ1v) is 9.70. The van der Waals surface area contributed by atoms with Crippen LogP contribution in [-0.2, 0) is 22.7 Å². The number of carbonyl (C=O) groups is 1. The van der Waals surface area contributed by atoms with Crippen LogP contribution >= 0.6 is 0 Å². The van der Waals surface area contributed by atoms with Crippen molar-refractivity contribution in [1.29, 1.82) is 0 Å². The number of allylic oxidation sites excluding steroid dienone is 1. The number of benzene rings is 2. The van der Waals surface area contributed by atoms with Gasteiger partial charge in [-0.2, -0.15) is 5.10 Å². The molecule has 1 aromatic heterocycles. The molecule has 0 unspecified atom stereocenters. The molecule has 0 aliphatic heterocycles. The van der Waals surface area contributed by atoms with Gasteiger partial charge in [-0.25, -0.2) is 0 Å². The quantitative estimate of drug-likeness (QED) is 0.386. The van der Waals surface area contributed by atoms with Gasteiger partial charge in [0, 0.05) is 24.1 Å². The van der Waals surface area contributed by atoms with Crippen LogP contribution in [0.5, 0.6) is 5.75 Å². The van der Waals surface area contributed by atoms with E-state index in [9.17, 15) is 4.79 Å². The lowest BCUT2D eigenvalue weighted by Gasteiger charge is -2.12. The van der Waals surface area contributed by atoms with E-state index in [0.29, 0.717) is 19.8 Å². The fourth-order valence-electron chi connectivity index (χ4n) is 3.14. The number of hydrogen-bond donors (Lipinski definition) is 1. The number of aliphatic carboxylic acids is 1. The van der Waals surface area contributed by atoms with Crippen molar-refractivity contribution in [2.45, 2.75) is 32.4 Å². The summed E-state index contributed by atoms with van der Waals surface area (Å²) in [4.78, 5) is 10.9. The highest BCUT2D eigenvalue weighted by Crippen LogP contribution is 2.24. The molecular formula is C23H26N2O4. The summed E-state index contributed by atoms with van der Waals surface area (Å²) in [6, 6.07) is 13.6. The van der Waals surface area contributed by atoms with Crippen LogP contribution in [0.25, 0.3) is 10.9 Å². The summed E-state index contributed by atoms with van der Waals surface area (Å²) in [5.74, 6) is -0.311. The van der Waals surface area contributed by atoms with Crippen molar-refractivity contribution in [3.05, 3.63) is 72.4 Å². The van der Waals surface area contributed by atoms with Crippen LogP contribution in [0.4, 0.5) is 0 Å². The van der Waals surface area contributed by atoms with Crippen molar-refractivity contribution in [1.82, 2.24) is 9.78 Å². The zero-order valence-electron chi connectivity index (χ0n) is 16.6. The molecule has 0 aliphatic rings. The van der Waals surface area contributed by atoms with Crippen LogP contribution in [0.2, 0.25) is 0 Å². The van der Waals surface area contributed by atoms with Crippen molar-refractivity contribution in [3.63, 3.8) is 0 Å². The summed E-state index contributed by atoms with van der Waals surface area (Å²) in [7, 11) is 0. The third kappa shape index (κ3) is 5.68. The van der Waals surface area contributed by atoms with Gasteiger partial charge in [-0.05, 0) is 42.3 Å². The van der Waals surface area contributed by atoms with Gasteiger partial charge in [-0.15, -0.1) is 6.58 Å². The minimum Gasteiger partial charge on any atom is -0.489 e. The average Bonchev–Trinajstić information content (AvgIpc) is 3.13. The summed E-state index contributed by atoms with van der Waals surface area (Å²) < 4.78 is 13.2. The van der Waals surface area contributed by atoms with Gasteiger partial charge in [0.1, 0.15) is 12.4 Å². The Labute approximate surface area is 170 Å². The molecule has 0 saturated carbocycles. The number of rotatable bonds is 11. The molecule has 6 nitrogen and oxygen atoms in total. The average molecular weight is 394 g/mol. The molecule has 29 heavy (non-hydrogen) atoms. The highest BCUT2D eigenvalue weighted by atomic mass is 16.5. The molecule has 3 rings (SSSR count). The summed E-state index contributed by atoms with van der Waals surface area (Å²) in [5.41, 5.74) is 2.92. The molecule has 1 heterocycles. The smallest absolute Gasteiger partial charge is 0.304 e. The molecule has 2 aromatic carbocycles. The Hall–Kier alpha value is -3.12. The Bertz CT molecular complexity index is 963. The van der Waals surface area contributed by atoms with Crippen molar-refractivity contribution < 1.29 is 19.4 Å². The Balaban J connectivity index is 1.61. The SMILES string of the molecule is C=C[C@@H](CC(=O)O)c1ccc(OCc2ccc3nn(CCOCC)cc3c2)cc1. The van der Waals surface area contributed by atoms with Crippen molar-refractivity contribution in [3.8, 4) is 5.75 Å². The molecule has 0 amide bonds. The third-order valence-electron chi connectivity index (χ3n) is 4.68. The number of carboxylic acid groups (broad SMARTS) is 1. The molecular weight excluding hydrogens is 368 g/mol. The maximum Gasteiger partial charge on any atom is 0.304 e. The van der Waals surface area contributed by atoms with Crippen molar-refractivity contribution in [2.75, 3.05) is 13.2 Å². The van der Waals surface area contributed by atoms with Crippen LogP contribution in [0, 0.1) is 0 Å². The predicted octanol–water partition coefficient (Wildman–Crippen LogP) is 4.40. The van der Waals surface area contributed by atoms with Crippen LogP contribution in [0.3, 0.4) is 0 Å². The molecule has 0 spiro atoms. The summed E-state index contributed by atoms with van der Waals surface area (Å²) >= 11 is 0. The lowest BCUT2D eigenvalue weighted by Crippen LogP contribution is -2.05. The lowest BCUT2D eigenvalue weighted by molar-refractivity contribution is -0.137. The largest absolute Gasteiger partial charge is 0.489 e. The molecule has 0 bridgehead atoms. The lowest BCUT2D eigenvalue weighted by atomic mass is 9.96. The second-order valence-corrected chi connectivity index (χ2v) is 6.78. The standard InChI is InChI=1S/C23H26N2O4/c1-3-18(14-23(26)27)19-6-8-21(9-7-19)29-16-17-5-10-22-20(13-17)15-25(24-22)11-12-28-4-2/h3,5-10,13,15,18H,1,4,11-12,14,16H2,2H3,(H,26,27)/t18-/m0/s1. The van der Waals surface area contributed by atoms with Gasteiger partial charge in [0.15, 0.2) is 0 Å². The highest BCUT2D eigenvalue weighted by Gasteiger charge is 2.12. The zero-order valence-corrected chi connectivity index (χ0v) is 16.6. The fourth-order valence-corrected chi connectivity index (χ4v) is 3.14. The minimum absolute atomic E-state index is 0.0297. The number of fused-ring (bicyclic) bond motifs is 1. The maximum atomic E-state index is 10.9. The van der Waals surface area contributed by atoms with Gasteiger partial charge in [-0.1, -0.05) is 24.3 Å². The first-order valence-electron chi connectivity index (χ1n) is 9.70. The van der Waals surface area contributed by atoms with Gasteiger partial charge in [-0.3, -0.25) is 9.48 Å². The summed E-state index contributed by atoms with van der Waals surface area (Å²) in [6.07, 6.45) is 3.71. The number of ether oxygens (including phenoxy) is 2. The first kappa shape index (κ1) is 20.6. The summed E-state index contributed by atoms with van der Waals surface area (Å²) in [6.45, 7) is 8.24. The number of carboxylic acids is 1. The van der Waals surface area contributed by atoms with Gasteiger partial charge in [0.2, 0.25) is 0 Å². The topological polar surface area (TPSA) is 73.6 Å². The normalized spacial score (nSPS) is 12.0. The molecule has 1 atom stereocenters. The van der Waals surface area contributed by atoms with Crippen molar-refractivity contribution in [2.24, 2.45) is 0 Å². The number of hydrogen-bond acceptors (Lipinski definition) is 4. The second kappa shape index (κ2) is 9.89. The van der Waals surface area contributed by atoms with E-state index >= 15 is 0 Å². The van der Waals surface area contributed by atoms with Gasteiger partial charge >= 0.3 is 5.97 Å². The Morgan fingerprint density at radius 1 is 1.28 bits per heavy atom. The van der Waals surface area contributed by atoms with Crippen LogP contribution in [0.1, 0.15) is 30.4 Å². The van der Waals surface area contributed by atoms with Crippen molar-refractivity contribution >= 4 is 16.9 Å². The molecule has 1 N–H and O–H groups in total. The van der Waals surface area contributed by atoms with E-state index < -0.39 is 5.97 Å². The van der Waals surface area contributed by atoms with Gasteiger partial charge < -0.3 is 14.6 Å². The van der Waals surface area contributed by atoms with E-state index in [2.05, 4.69) is 17.7 Å². The molecule has 152 valence electrons. The maximum absolute atomic E-state index is 10.9. The second-order valence-electron chi connectivity index (χ2n) is 6.78. The van der Waals surface area contributed by atoms with Gasteiger partial charge in [0.05, 0.1) is 25.1 Å². The Morgan fingerprint density at radius 2 is 2.07 bits per heavy atom. The monoisotopic (exact) mass is 394 g/mol. The first-order chi connectivity index (χ1) is 14.1. The van der Waals surface area contributed by atoms with Crippen LogP contribution in [-0.4, -0.2) is 34.1 Å². The minimum atomic E-state index is -0.841. The molecule has 0 radical (unpaired) electrons. The molecule has 0 fully saturated rings. The molecule has 0 saturated heterocycles.